The zero-order chi connectivity index (χ0) is 20.1. The van der Waals surface area contributed by atoms with Gasteiger partial charge in [0.15, 0.2) is 6.61 Å². The van der Waals surface area contributed by atoms with Gasteiger partial charge in [-0.15, -0.1) is 0 Å². The van der Waals surface area contributed by atoms with Crippen molar-refractivity contribution in [2.75, 3.05) is 20.3 Å². The third-order valence-corrected chi connectivity index (χ3v) is 4.14. The smallest absolute Gasteiger partial charge is 0.344 e. The van der Waals surface area contributed by atoms with E-state index in [9.17, 15) is 9.59 Å². The highest BCUT2D eigenvalue weighted by Crippen LogP contribution is 2.27. The van der Waals surface area contributed by atoms with Crippen molar-refractivity contribution in [2.45, 2.75) is 6.92 Å². The number of aryl methyl sites for hydroxylation is 1. The number of ether oxygens (including phenoxy) is 3. The maximum atomic E-state index is 13.0. The molecule has 0 aliphatic rings. The Morgan fingerprint density at radius 1 is 1.14 bits per heavy atom. The number of esters is 1. The maximum absolute atomic E-state index is 13.0. The summed E-state index contributed by atoms with van der Waals surface area (Å²) in [6.45, 7) is 5.09. The predicted molar refractivity (Wildman–Crippen MR) is 106 cm³/mol. The van der Waals surface area contributed by atoms with Gasteiger partial charge in [0, 0.05) is 6.07 Å². The highest BCUT2D eigenvalue weighted by atomic mass is 16.6. The van der Waals surface area contributed by atoms with Gasteiger partial charge < -0.3 is 18.6 Å². The number of carbonyl (C=O) groups excluding carboxylic acids is 1. The molecule has 0 atom stereocenters. The molecule has 6 nitrogen and oxygen atoms in total. The first-order chi connectivity index (χ1) is 13.5. The van der Waals surface area contributed by atoms with Crippen LogP contribution in [0, 0.1) is 6.92 Å². The van der Waals surface area contributed by atoms with Gasteiger partial charge in [0.05, 0.1) is 18.1 Å². The molecule has 0 saturated heterocycles. The number of hydrogen-bond acceptors (Lipinski definition) is 6. The van der Waals surface area contributed by atoms with Crippen LogP contribution in [0.3, 0.4) is 0 Å². The average Bonchev–Trinajstić information content (AvgIpc) is 2.71. The van der Waals surface area contributed by atoms with Crippen molar-refractivity contribution < 1.29 is 23.4 Å². The third-order valence-electron chi connectivity index (χ3n) is 4.14. The van der Waals surface area contributed by atoms with Gasteiger partial charge in [-0.1, -0.05) is 24.8 Å². The molecule has 0 aliphatic heterocycles. The Kier molecular flexibility index (Phi) is 5.79. The van der Waals surface area contributed by atoms with Crippen molar-refractivity contribution in [2.24, 2.45) is 0 Å². The molecule has 0 unspecified atom stereocenters. The van der Waals surface area contributed by atoms with Gasteiger partial charge in [0.1, 0.15) is 29.4 Å². The molecule has 144 valence electrons. The van der Waals surface area contributed by atoms with Crippen molar-refractivity contribution in [1.82, 2.24) is 0 Å². The summed E-state index contributed by atoms with van der Waals surface area (Å²) in [4.78, 5) is 24.5. The Bertz CT molecular complexity index is 1060. The van der Waals surface area contributed by atoms with Crippen molar-refractivity contribution in [3.63, 3.8) is 0 Å². The fourth-order valence-corrected chi connectivity index (χ4v) is 2.80. The van der Waals surface area contributed by atoms with E-state index >= 15 is 0 Å². The fraction of sp³-hybridized carbons (Fsp3) is 0.182. The zero-order valence-electron chi connectivity index (χ0n) is 15.7. The van der Waals surface area contributed by atoms with E-state index in [0.29, 0.717) is 33.8 Å². The predicted octanol–water partition coefficient (Wildman–Crippen LogP) is 3.89. The molecule has 0 bridgehead atoms. The van der Waals surface area contributed by atoms with E-state index in [1.54, 1.807) is 44.4 Å². The second-order valence-electron chi connectivity index (χ2n) is 6.01. The number of carbonyl (C=O) groups is 1. The monoisotopic (exact) mass is 380 g/mol. The minimum Gasteiger partial charge on any atom is -0.497 e. The lowest BCUT2D eigenvalue weighted by Gasteiger charge is -2.10. The molecule has 0 saturated carbocycles. The lowest BCUT2D eigenvalue weighted by molar-refractivity contribution is -0.144. The van der Waals surface area contributed by atoms with E-state index in [2.05, 4.69) is 6.58 Å². The molecule has 3 rings (SSSR count). The van der Waals surface area contributed by atoms with Crippen LogP contribution >= 0.6 is 0 Å². The molecule has 2 aromatic carbocycles. The summed E-state index contributed by atoms with van der Waals surface area (Å²) in [6, 6.07) is 12.0. The standard InChI is InChI=1S/C22H20O6/c1-4-11-26-20(23)13-27-17-9-10-18-19(12-17)28-14(2)21(22(18)24)15-5-7-16(25-3)8-6-15/h4-10,12H,1,11,13H2,2-3H3. The van der Waals surface area contributed by atoms with Crippen LogP contribution in [0.2, 0.25) is 0 Å². The van der Waals surface area contributed by atoms with Gasteiger partial charge in [-0.25, -0.2) is 4.79 Å². The lowest BCUT2D eigenvalue weighted by atomic mass is 10.0. The molecular formula is C22H20O6. The number of rotatable bonds is 7. The Labute approximate surface area is 162 Å². The van der Waals surface area contributed by atoms with E-state index in [4.69, 9.17) is 18.6 Å². The third kappa shape index (κ3) is 4.06. The van der Waals surface area contributed by atoms with Crippen LogP contribution in [0.15, 0.2) is 64.3 Å². The van der Waals surface area contributed by atoms with E-state index in [1.165, 1.54) is 6.08 Å². The number of benzene rings is 2. The van der Waals surface area contributed by atoms with Crippen molar-refractivity contribution in [3.05, 3.63) is 71.1 Å². The quantitative estimate of drug-likeness (QED) is 0.457. The van der Waals surface area contributed by atoms with Crippen LogP contribution < -0.4 is 14.9 Å². The van der Waals surface area contributed by atoms with E-state index in [-0.39, 0.29) is 18.6 Å². The zero-order valence-corrected chi connectivity index (χ0v) is 15.7. The molecule has 0 aliphatic carbocycles. The molecule has 1 heterocycles. The molecule has 0 fully saturated rings. The molecular weight excluding hydrogens is 360 g/mol. The molecule has 0 spiro atoms. The first-order valence-corrected chi connectivity index (χ1v) is 8.64. The Morgan fingerprint density at radius 3 is 2.54 bits per heavy atom. The Hall–Kier alpha value is -3.54. The molecule has 0 amide bonds. The van der Waals surface area contributed by atoms with Gasteiger partial charge in [0.25, 0.3) is 0 Å². The summed E-state index contributed by atoms with van der Waals surface area (Å²) in [5.41, 5.74) is 1.49. The maximum Gasteiger partial charge on any atom is 0.344 e. The van der Waals surface area contributed by atoms with Crippen molar-refractivity contribution >= 4 is 16.9 Å². The minimum absolute atomic E-state index is 0.127. The van der Waals surface area contributed by atoms with Crippen LogP contribution in [0.25, 0.3) is 22.1 Å². The number of hydrogen-bond donors (Lipinski definition) is 0. The van der Waals surface area contributed by atoms with Crippen molar-refractivity contribution in [1.29, 1.82) is 0 Å². The summed E-state index contributed by atoms with van der Waals surface area (Å²) in [6.07, 6.45) is 1.48. The van der Waals surface area contributed by atoms with Crippen LogP contribution in [0.4, 0.5) is 0 Å². The van der Waals surface area contributed by atoms with Gasteiger partial charge in [-0.3, -0.25) is 4.79 Å². The number of fused-ring (bicyclic) bond motifs is 1. The molecule has 0 radical (unpaired) electrons. The summed E-state index contributed by atoms with van der Waals surface area (Å²) in [7, 11) is 1.59. The Balaban J connectivity index is 1.90. The van der Waals surface area contributed by atoms with Gasteiger partial charge in [0.2, 0.25) is 5.43 Å². The van der Waals surface area contributed by atoms with Gasteiger partial charge in [-0.2, -0.15) is 0 Å². The van der Waals surface area contributed by atoms with Crippen LogP contribution in [0.1, 0.15) is 5.76 Å². The first kappa shape index (κ1) is 19.2. The van der Waals surface area contributed by atoms with E-state index < -0.39 is 5.97 Å². The van der Waals surface area contributed by atoms with Crippen molar-refractivity contribution in [3.8, 4) is 22.6 Å². The molecule has 0 N–H and O–H groups in total. The second kappa shape index (κ2) is 8.43. The highest BCUT2D eigenvalue weighted by Gasteiger charge is 2.14. The summed E-state index contributed by atoms with van der Waals surface area (Å²) >= 11 is 0. The van der Waals surface area contributed by atoms with Gasteiger partial charge >= 0.3 is 5.97 Å². The first-order valence-electron chi connectivity index (χ1n) is 8.64. The fourth-order valence-electron chi connectivity index (χ4n) is 2.80. The summed E-state index contributed by atoms with van der Waals surface area (Å²) in [5.74, 6) is 1.10. The largest absolute Gasteiger partial charge is 0.497 e. The topological polar surface area (TPSA) is 75.0 Å². The normalized spacial score (nSPS) is 10.5. The summed E-state index contributed by atoms with van der Waals surface area (Å²) < 4.78 is 21.3. The average molecular weight is 380 g/mol. The van der Waals surface area contributed by atoms with Crippen LogP contribution in [-0.2, 0) is 9.53 Å². The van der Waals surface area contributed by atoms with Gasteiger partial charge in [-0.05, 0) is 36.8 Å². The van der Waals surface area contributed by atoms with Crippen LogP contribution in [-0.4, -0.2) is 26.3 Å². The SMILES string of the molecule is C=CCOC(=O)COc1ccc2c(=O)c(-c3ccc(OC)cc3)c(C)oc2c1. The molecule has 1 aromatic heterocycles. The summed E-state index contributed by atoms with van der Waals surface area (Å²) in [5, 5.41) is 0.429. The lowest BCUT2D eigenvalue weighted by Crippen LogP contribution is -2.15. The molecule has 6 heteroatoms. The highest BCUT2D eigenvalue weighted by molar-refractivity contribution is 5.84. The van der Waals surface area contributed by atoms with Crippen LogP contribution in [0.5, 0.6) is 11.5 Å². The molecule has 3 aromatic rings. The second-order valence-corrected chi connectivity index (χ2v) is 6.01. The Morgan fingerprint density at radius 2 is 1.86 bits per heavy atom. The minimum atomic E-state index is -0.507. The van der Waals surface area contributed by atoms with E-state index in [1.807, 2.05) is 12.1 Å². The van der Waals surface area contributed by atoms with E-state index in [0.717, 1.165) is 5.56 Å². The number of methoxy groups -OCH3 is 1. The molecule has 28 heavy (non-hydrogen) atoms.